The van der Waals surface area contributed by atoms with Crippen molar-refractivity contribution in [3.05, 3.63) is 53.1 Å². The molecule has 2 aromatic carbocycles. The number of rotatable bonds is 3. The SMILES string of the molecule is COc1ccc(N=Cc2cc3c(cc2C)N(C)C(C)(C)C[C@H]3C)cc1. The van der Waals surface area contributed by atoms with E-state index in [0.29, 0.717) is 5.92 Å². The molecule has 0 fully saturated rings. The number of anilines is 1. The van der Waals surface area contributed by atoms with Gasteiger partial charge in [0.15, 0.2) is 0 Å². The number of ether oxygens (including phenoxy) is 1. The molecule has 0 bridgehead atoms. The summed E-state index contributed by atoms with van der Waals surface area (Å²) in [5.41, 5.74) is 6.34. The first-order chi connectivity index (χ1) is 11.8. The summed E-state index contributed by atoms with van der Waals surface area (Å²) in [7, 11) is 3.88. The van der Waals surface area contributed by atoms with Crippen LogP contribution in [-0.2, 0) is 0 Å². The first-order valence-corrected chi connectivity index (χ1v) is 8.88. The largest absolute Gasteiger partial charge is 0.497 e. The van der Waals surface area contributed by atoms with Crippen LogP contribution in [0.5, 0.6) is 5.75 Å². The van der Waals surface area contributed by atoms with Gasteiger partial charge < -0.3 is 9.64 Å². The summed E-state index contributed by atoms with van der Waals surface area (Å²) in [5, 5.41) is 0. The van der Waals surface area contributed by atoms with Crippen LogP contribution < -0.4 is 9.64 Å². The van der Waals surface area contributed by atoms with E-state index in [0.717, 1.165) is 17.9 Å². The van der Waals surface area contributed by atoms with E-state index in [2.05, 4.69) is 56.8 Å². The van der Waals surface area contributed by atoms with E-state index in [1.165, 1.54) is 22.4 Å². The molecule has 1 heterocycles. The van der Waals surface area contributed by atoms with Gasteiger partial charge in [0.2, 0.25) is 0 Å². The summed E-state index contributed by atoms with van der Waals surface area (Å²) < 4.78 is 5.20. The first-order valence-electron chi connectivity index (χ1n) is 8.88. The summed E-state index contributed by atoms with van der Waals surface area (Å²) >= 11 is 0. The molecule has 3 heteroatoms. The molecule has 0 unspecified atom stereocenters. The molecular weight excluding hydrogens is 308 g/mol. The third kappa shape index (κ3) is 3.41. The monoisotopic (exact) mass is 336 g/mol. The smallest absolute Gasteiger partial charge is 0.119 e. The number of fused-ring (bicyclic) bond motifs is 1. The maximum Gasteiger partial charge on any atom is 0.119 e. The van der Waals surface area contributed by atoms with Gasteiger partial charge in [0, 0.05) is 24.5 Å². The molecule has 0 radical (unpaired) electrons. The maximum absolute atomic E-state index is 5.20. The highest BCUT2D eigenvalue weighted by atomic mass is 16.5. The summed E-state index contributed by atoms with van der Waals surface area (Å²) in [6.45, 7) is 9.13. The zero-order valence-corrected chi connectivity index (χ0v) is 16.1. The van der Waals surface area contributed by atoms with Crippen LogP contribution in [0.1, 0.15) is 49.8 Å². The Morgan fingerprint density at radius 1 is 1.20 bits per heavy atom. The minimum absolute atomic E-state index is 0.192. The van der Waals surface area contributed by atoms with Crippen LogP contribution in [-0.4, -0.2) is 25.9 Å². The lowest BCUT2D eigenvalue weighted by molar-refractivity contribution is 0.395. The topological polar surface area (TPSA) is 24.8 Å². The molecule has 1 atom stereocenters. The van der Waals surface area contributed by atoms with E-state index in [1.807, 2.05) is 30.5 Å². The number of aliphatic imine (C=N–C) groups is 1. The van der Waals surface area contributed by atoms with Crippen molar-refractivity contribution in [2.45, 2.75) is 45.6 Å². The van der Waals surface area contributed by atoms with Crippen LogP contribution in [0.15, 0.2) is 41.4 Å². The number of benzene rings is 2. The van der Waals surface area contributed by atoms with E-state index in [4.69, 9.17) is 4.74 Å². The Hall–Kier alpha value is -2.29. The molecular formula is C22H28N2O. The molecule has 0 aromatic heterocycles. The number of nitrogens with zero attached hydrogens (tertiary/aromatic N) is 2. The molecule has 25 heavy (non-hydrogen) atoms. The van der Waals surface area contributed by atoms with Gasteiger partial charge in [-0.1, -0.05) is 6.92 Å². The average molecular weight is 336 g/mol. The van der Waals surface area contributed by atoms with Crippen molar-refractivity contribution in [1.82, 2.24) is 0 Å². The van der Waals surface area contributed by atoms with Gasteiger partial charge in [0.05, 0.1) is 12.8 Å². The molecule has 3 rings (SSSR count). The molecule has 1 aliphatic heterocycles. The average Bonchev–Trinajstić information content (AvgIpc) is 2.58. The fourth-order valence-electron chi connectivity index (χ4n) is 3.69. The quantitative estimate of drug-likeness (QED) is 0.694. The maximum atomic E-state index is 5.20. The molecule has 0 saturated heterocycles. The van der Waals surface area contributed by atoms with Crippen LogP contribution in [0.4, 0.5) is 11.4 Å². The van der Waals surface area contributed by atoms with E-state index >= 15 is 0 Å². The minimum Gasteiger partial charge on any atom is -0.497 e. The first kappa shape index (κ1) is 17.5. The number of hydrogen-bond acceptors (Lipinski definition) is 3. The summed E-state index contributed by atoms with van der Waals surface area (Å²) in [6.07, 6.45) is 3.14. The van der Waals surface area contributed by atoms with E-state index in [1.54, 1.807) is 7.11 Å². The molecule has 0 aliphatic carbocycles. The predicted molar refractivity (Wildman–Crippen MR) is 107 cm³/mol. The summed E-state index contributed by atoms with van der Waals surface area (Å²) in [4.78, 5) is 7.06. The highest BCUT2D eigenvalue weighted by Crippen LogP contribution is 2.43. The van der Waals surface area contributed by atoms with Crippen LogP contribution in [0.2, 0.25) is 0 Å². The van der Waals surface area contributed by atoms with Gasteiger partial charge in [-0.3, -0.25) is 4.99 Å². The lowest BCUT2D eigenvalue weighted by Gasteiger charge is -2.45. The van der Waals surface area contributed by atoms with Gasteiger partial charge in [0.1, 0.15) is 5.75 Å². The van der Waals surface area contributed by atoms with E-state index in [-0.39, 0.29) is 5.54 Å². The van der Waals surface area contributed by atoms with Gasteiger partial charge in [-0.25, -0.2) is 0 Å². The van der Waals surface area contributed by atoms with Gasteiger partial charge in [0.25, 0.3) is 0 Å². The highest BCUT2D eigenvalue weighted by molar-refractivity contribution is 5.86. The fourth-order valence-corrected chi connectivity index (χ4v) is 3.69. The lowest BCUT2D eigenvalue weighted by Crippen LogP contribution is -2.45. The lowest BCUT2D eigenvalue weighted by atomic mass is 9.79. The van der Waals surface area contributed by atoms with Crippen molar-refractivity contribution in [3.63, 3.8) is 0 Å². The van der Waals surface area contributed by atoms with Crippen LogP contribution in [0, 0.1) is 6.92 Å². The third-order valence-electron chi connectivity index (χ3n) is 5.45. The second-order valence-electron chi connectivity index (χ2n) is 7.70. The standard InChI is InChI=1S/C22H28N2O/c1-15-11-21-20(16(2)13-22(3,4)24(21)5)12-17(15)14-23-18-7-9-19(25-6)10-8-18/h7-12,14,16H,13H2,1-6H3/t16-/m1/s1. The molecule has 0 N–H and O–H groups in total. The Balaban J connectivity index is 1.93. The summed E-state index contributed by atoms with van der Waals surface area (Å²) in [6, 6.07) is 12.4. The van der Waals surface area contributed by atoms with Crippen molar-refractivity contribution >= 4 is 17.6 Å². The zero-order valence-electron chi connectivity index (χ0n) is 16.1. The third-order valence-corrected chi connectivity index (χ3v) is 5.45. The normalized spacial score (nSPS) is 19.1. The number of methoxy groups -OCH3 is 1. The Morgan fingerprint density at radius 2 is 1.88 bits per heavy atom. The highest BCUT2D eigenvalue weighted by Gasteiger charge is 2.34. The van der Waals surface area contributed by atoms with Gasteiger partial charge in [-0.15, -0.1) is 0 Å². The van der Waals surface area contributed by atoms with Gasteiger partial charge >= 0.3 is 0 Å². The van der Waals surface area contributed by atoms with Crippen molar-refractivity contribution < 1.29 is 4.74 Å². The van der Waals surface area contributed by atoms with Crippen molar-refractivity contribution in [1.29, 1.82) is 0 Å². The minimum atomic E-state index is 0.192. The molecule has 132 valence electrons. The predicted octanol–water partition coefficient (Wildman–Crippen LogP) is 5.48. The Morgan fingerprint density at radius 3 is 2.52 bits per heavy atom. The second-order valence-corrected chi connectivity index (χ2v) is 7.70. The molecule has 3 nitrogen and oxygen atoms in total. The molecule has 0 saturated carbocycles. The Bertz CT molecular complexity index is 790. The van der Waals surface area contributed by atoms with Gasteiger partial charge in [-0.2, -0.15) is 0 Å². The fraction of sp³-hybridized carbons (Fsp3) is 0.409. The van der Waals surface area contributed by atoms with Crippen LogP contribution >= 0.6 is 0 Å². The number of hydrogen-bond donors (Lipinski definition) is 0. The zero-order chi connectivity index (χ0) is 18.2. The van der Waals surface area contributed by atoms with E-state index < -0.39 is 0 Å². The van der Waals surface area contributed by atoms with Crippen LogP contribution in [0.25, 0.3) is 0 Å². The van der Waals surface area contributed by atoms with Crippen molar-refractivity contribution in [2.24, 2.45) is 4.99 Å². The summed E-state index contributed by atoms with van der Waals surface area (Å²) in [5.74, 6) is 1.40. The molecule has 0 amide bonds. The van der Waals surface area contributed by atoms with Crippen molar-refractivity contribution in [3.8, 4) is 5.75 Å². The van der Waals surface area contributed by atoms with E-state index in [9.17, 15) is 0 Å². The van der Waals surface area contributed by atoms with Crippen molar-refractivity contribution in [2.75, 3.05) is 19.1 Å². The Labute approximate surface area is 151 Å². The molecule has 2 aromatic rings. The van der Waals surface area contributed by atoms with Crippen LogP contribution in [0.3, 0.4) is 0 Å². The molecule has 1 aliphatic rings. The number of aryl methyl sites for hydroxylation is 1. The second kappa shape index (κ2) is 6.55. The van der Waals surface area contributed by atoms with Gasteiger partial charge in [-0.05, 0) is 86.2 Å². The molecule has 0 spiro atoms. The Kier molecular flexibility index (Phi) is 4.59.